The molecular formula is C21H23ClN4. The van der Waals surface area contributed by atoms with Crippen molar-refractivity contribution in [1.29, 1.82) is 0 Å². The Labute approximate surface area is 158 Å². The number of piperidine rings is 1. The van der Waals surface area contributed by atoms with E-state index in [-0.39, 0.29) is 0 Å². The number of halogens is 1. The number of pyridine rings is 1. The van der Waals surface area contributed by atoms with Crippen molar-refractivity contribution >= 4 is 28.2 Å². The van der Waals surface area contributed by atoms with Crippen molar-refractivity contribution in [3.63, 3.8) is 0 Å². The average Bonchev–Trinajstić information content (AvgIpc) is 3.36. The number of hydrogen-bond acceptors (Lipinski definition) is 3. The second-order valence-electron chi connectivity index (χ2n) is 7.66. The molecule has 0 amide bonds. The minimum atomic E-state index is 0.486. The van der Waals surface area contributed by atoms with E-state index in [1.807, 2.05) is 30.6 Å². The van der Waals surface area contributed by atoms with Crippen LogP contribution in [0.4, 0.5) is 5.69 Å². The predicted molar refractivity (Wildman–Crippen MR) is 106 cm³/mol. The topological polar surface area (TPSA) is 34.0 Å². The third kappa shape index (κ3) is 3.07. The van der Waals surface area contributed by atoms with Crippen LogP contribution in [0.1, 0.15) is 37.4 Å². The van der Waals surface area contributed by atoms with Gasteiger partial charge >= 0.3 is 0 Å². The van der Waals surface area contributed by atoms with Crippen molar-refractivity contribution in [1.82, 2.24) is 14.5 Å². The first-order valence-electron chi connectivity index (χ1n) is 9.58. The molecule has 2 aliphatic rings. The molecule has 2 aromatic heterocycles. The maximum Gasteiger partial charge on any atom is 0.113 e. The van der Waals surface area contributed by atoms with Gasteiger partial charge in [-0.3, -0.25) is 4.98 Å². The minimum absolute atomic E-state index is 0.486. The summed E-state index contributed by atoms with van der Waals surface area (Å²) in [7, 11) is 0. The Kier molecular flexibility index (Phi) is 4.08. The second-order valence-corrected chi connectivity index (χ2v) is 8.09. The zero-order valence-electron chi connectivity index (χ0n) is 14.8. The van der Waals surface area contributed by atoms with Crippen molar-refractivity contribution in [3.8, 4) is 0 Å². The van der Waals surface area contributed by atoms with E-state index in [0.717, 1.165) is 41.5 Å². The van der Waals surface area contributed by atoms with Crippen LogP contribution in [0.5, 0.6) is 0 Å². The van der Waals surface area contributed by atoms with Crippen LogP contribution in [-0.4, -0.2) is 27.6 Å². The molecule has 0 unspecified atom stereocenters. The molecule has 1 aliphatic carbocycles. The Hall–Kier alpha value is -2.07. The van der Waals surface area contributed by atoms with Gasteiger partial charge in [-0.1, -0.05) is 11.6 Å². The predicted octanol–water partition coefficient (Wildman–Crippen LogP) is 4.88. The molecule has 5 rings (SSSR count). The molecule has 4 nitrogen and oxygen atoms in total. The van der Waals surface area contributed by atoms with Gasteiger partial charge in [0.15, 0.2) is 0 Å². The first-order chi connectivity index (χ1) is 12.8. The monoisotopic (exact) mass is 366 g/mol. The number of nitrogens with zero attached hydrogens (tertiary/aromatic N) is 4. The van der Waals surface area contributed by atoms with E-state index >= 15 is 0 Å². The smallest absolute Gasteiger partial charge is 0.113 e. The SMILES string of the molecule is Clc1ccc2nccc(N3CCC[C@H](c4nccn4CC4CC4)C3)c2c1. The van der Waals surface area contributed by atoms with E-state index in [2.05, 4.69) is 26.7 Å². The zero-order valence-corrected chi connectivity index (χ0v) is 15.6. The lowest BCUT2D eigenvalue weighted by molar-refractivity contribution is 0.464. The molecule has 0 radical (unpaired) electrons. The minimum Gasteiger partial charge on any atom is -0.370 e. The molecule has 26 heavy (non-hydrogen) atoms. The molecule has 3 aromatic rings. The summed E-state index contributed by atoms with van der Waals surface area (Å²) in [4.78, 5) is 11.7. The first kappa shape index (κ1) is 16.1. The van der Waals surface area contributed by atoms with Crippen molar-refractivity contribution in [2.75, 3.05) is 18.0 Å². The van der Waals surface area contributed by atoms with E-state index in [9.17, 15) is 0 Å². The highest BCUT2D eigenvalue weighted by molar-refractivity contribution is 6.31. The van der Waals surface area contributed by atoms with E-state index < -0.39 is 0 Å². The van der Waals surface area contributed by atoms with Crippen LogP contribution in [0.25, 0.3) is 10.9 Å². The number of hydrogen-bond donors (Lipinski definition) is 0. The summed E-state index contributed by atoms with van der Waals surface area (Å²) in [6.07, 6.45) is 11.2. The van der Waals surface area contributed by atoms with Crippen LogP contribution in [0.15, 0.2) is 42.9 Å². The fourth-order valence-corrected chi connectivity index (χ4v) is 4.37. The number of imidazole rings is 1. The van der Waals surface area contributed by atoms with Crippen molar-refractivity contribution in [2.24, 2.45) is 5.92 Å². The van der Waals surface area contributed by atoms with E-state index in [1.54, 1.807) is 0 Å². The molecule has 1 aromatic carbocycles. The second kappa shape index (κ2) is 6.58. The molecule has 3 heterocycles. The van der Waals surface area contributed by atoms with E-state index in [4.69, 9.17) is 16.6 Å². The molecule has 1 aliphatic heterocycles. The summed E-state index contributed by atoms with van der Waals surface area (Å²) >= 11 is 6.25. The molecule has 0 bridgehead atoms. The average molecular weight is 367 g/mol. The van der Waals surface area contributed by atoms with Crippen LogP contribution < -0.4 is 4.90 Å². The number of fused-ring (bicyclic) bond motifs is 1. The van der Waals surface area contributed by atoms with Crippen molar-refractivity contribution in [3.05, 3.63) is 53.7 Å². The van der Waals surface area contributed by atoms with E-state index in [1.165, 1.54) is 37.2 Å². The van der Waals surface area contributed by atoms with Gasteiger partial charge in [-0.15, -0.1) is 0 Å². The van der Waals surface area contributed by atoms with E-state index in [0.29, 0.717) is 5.92 Å². The van der Waals surface area contributed by atoms with Gasteiger partial charge in [0.25, 0.3) is 0 Å². The molecule has 1 atom stereocenters. The maximum atomic E-state index is 6.25. The van der Waals surface area contributed by atoms with Crippen molar-refractivity contribution in [2.45, 2.75) is 38.1 Å². The van der Waals surface area contributed by atoms with Gasteiger partial charge in [-0.2, -0.15) is 0 Å². The highest BCUT2D eigenvalue weighted by Gasteiger charge is 2.28. The highest BCUT2D eigenvalue weighted by Crippen LogP contribution is 2.35. The fourth-order valence-electron chi connectivity index (χ4n) is 4.20. The third-order valence-corrected chi connectivity index (χ3v) is 5.94. The fraction of sp³-hybridized carbons (Fsp3) is 0.429. The van der Waals surface area contributed by atoms with Crippen LogP contribution in [0, 0.1) is 5.92 Å². The number of benzene rings is 1. The summed E-state index contributed by atoms with van der Waals surface area (Å²) in [5.41, 5.74) is 2.24. The molecule has 2 fully saturated rings. The molecule has 0 spiro atoms. The number of rotatable bonds is 4. The lowest BCUT2D eigenvalue weighted by Gasteiger charge is -2.35. The number of aromatic nitrogens is 3. The van der Waals surface area contributed by atoms with Gasteiger partial charge in [0.1, 0.15) is 5.82 Å². The summed E-state index contributed by atoms with van der Waals surface area (Å²) < 4.78 is 2.40. The van der Waals surface area contributed by atoms with Crippen LogP contribution in [-0.2, 0) is 6.54 Å². The molecule has 5 heteroatoms. The maximum absolute atomic E-state index is 6.25. The van der Waals surface area contributed by atoms with Gasteiger partial charge in [0.2, 0.25) is 0 Å². The Morgan fingerprint density at radius 2 is 2.00 bits per heavy atom. The van der Waals surface area contributed by atoms with Crippen LogP contribution in [0.2, 0.25) is 5.02 Å². The van der Waals surface area contributed by atoms with Crippen LogP contribution in [0.3, 0.4) is 0 Å². The standard InChI is InChI=1S/C21H23ClN4/c22-17-5-6-19-18(12-17)20(7-8-23-19)25-10-1-2-16(14-25)21-24-9-11-26(21)13-15-3-4-15/h5-9,11-12,15-16H,1-4,10,13-14H2/t16-/m0/s1. The van der Waals surface area contributed by atoms with Crippen molar-refractivity contribution < 1.29 is 0 Å². The lowest BCUT2D eigenvalue weighted by atomic mass is 9.96. The molecule has 134 valence electrons. The summed E-state index contributed by atoms with van der Waals surface area (Å²) in [5.74, 6) is 2.62. The summed E-state index contributed by atoms with van der Waals surface area (Å²) in [5, 5.41) is 1.90. The Morgan fingerprint density at radius 3 is 2.88 bits per heavy atom. The lowest BCUT2D eigenvalue weighted by Crippen LogP contribution is -2.35. The van der Waals surface area contributed by atoms with Gasteiger partial charge < -0.3 is 9.47 Å². The molecule has 1 saturated heterocycles. The molecular weight excluding hydrogens is 344 g/mol. The van der Waals surface area contributed by atoms with Crippen LogP contribution >= 0.6 is 11.6 Å². The quantitative estimate of drug-likeness (QED) is 0.660. The first-order valence-corrected chi connectivity index (χ1v) is 9.96. The van der Waals surface area contributed by atoms with Gasteiger partial charge in [-0.25, -0.2) is 4.98 Å². The third-order valence-electron chi connectivity index (χ3n) is 5.71. The summed E-state index contributed by atoms with van der Waals surface area (Å²) in [6.45, 7) is 3.22. The molecule has 1 saturated carbocycles. The Bertz CT molecular complexity index is 931. The van der Waals surface area contributed by atoms with Gasteiger partial charge in [0.05, 0.1) is 5.52 Å². The van der Waals surface area contributed by atoms with Gasteiger partial charge in [-0.05, 0) is 55.9 Å². The highest BCUT2D eigenvalue weighted by atomic mass is 35.5. The van der Waals surface area contributed by atoms with Gasteiger partial charge in [0, 0.05) is 60.2 Å². The largest absolute Gasteiger partial charge is 0.370 e. The number of anilines is 1. The summed E-state index contributed by atoms with van der Waals surface area (Å²) in [6, 6.07) is 8.08. The molecule has 0 N–H and O–H groups in total. The Morgan fingerprint density at radius 1 is 1.08 bits per heavy atom. The normalized spacial score (nSPS) is 20.7. The Balaban J connectivity index is 1.44. The zero-order chi connectivity index (χ0) is 17.5.